The Kier molecular flexibility index (Phi) is 2.74. The third-order valence-corrected chi connectivity index (χ3v) is 2.02. The molecule has 0 unspecified atom stereocenters. The highest BCUT2D eigenvalue weighted by molar-refractivity contribution is 6.17. The summed E-state index contributed by atoms with van der Waals surface area (Å²) < 4.78 is 0. The zero-order chi connectivity index (χ0) is 9.80. The Balaban J connectivity index is 2.36. The summed E-state index contributed by atoms with van der Waals surface area (Å²) in [5.74, 6) is 0.619. The molecule has 0 aliphatic carbocycles. The summed E-state index contributed by atoms with van der Waals surface area (Å²) in [5.41, 5.74) is 2.39. The first kappa shape index (κ1) is 9.15. The minimum atomic E-state index is 0.619. The summed E-state index contributed by atoms with van der Waals surface area (Å²) in [6, 6.07) is 0. The van der Waals surface area contributed by atoms with Crippen molar-refractivity contribution >= 4 is 28.8 Å². The van der Waals surface area contributed by atoms with E-state index in [9.17, 15) is 0 Å². The molecule has 2 aromatic rings. The van der Waals surface area contributed by atoms with Gasteiger partial charge in [0.05, 0.1) is 12.0 Å². The number of fused-ring (bicyclic) bond motifs is 1. The van der Waals surface area contributed by atoms with Crippen LogP contribution in [0.15, 0.2) is 18.7 Å². The van der Waals surface area contributed by atoms with Gasteiger partial charge in [-0.3, -0.25) is 0 Å². The van der Waals surface area contributed by atoms with Crippen LogP contribution in [-0.4, -0.2) is 25.8 Å². The first-order valence-electron chi connectivity index (χ1n) is 4.28. The summed E-state index contributed by atoms with van der Waals surface area (Å²) in [6.07, 6.45) is 7.85. The number of aromatic amines is 1. The van der Waals surface area contributed by atoms with E-state index in [1.807, 2.05) is 12.2 Å². The van der Waals surface area contributed by atoms with Gasteiger partial charge in [-0.2, -0.15) is 0 Å². The van der Waals surface area contributed by atoms with E-state index in [1.54, 1.807) is 6.33 Å². The van der Waals surface area contributed by atoms with Crippen molar-refractivity contribution in [2.75, 3.05) is 5.88 Å². The van der Waals surface area contributed by atoms with E-state index in [0.717, 1.165) is 17.6 Å². The van der Waals surface area contributed by atoms with E-state index in [-0.39, 0.29) is 0 Å². The third-order valence-electron chi connectivity index (χ3n) is 1.80. The molecule has 0 amide bonds. The second-order valence-corrected chi connectivity index (χ2v) is 3.12. The fourth-order valence-corrected chi connectivity index (χ4v) is 1.29. The number of hydrogen-bond donors (Lipinski definition) is 1. The molecule has 4 nitrogen and oxygen atoms in total. The fraction of sp³-hybridized carbons (Fsp3) is 0.222. The Morgan fingerprint density at radius 3 is 3.14 bits per heavy atom. The summed E-state index contributed by atoms with van der Waals surface area (Å²) in [6.45, 7) is 0. The molecule has 0 aromatic carbocycles. The minimum absolute atomic E-state index is 0.619. The van der Waals surface area contributed by atoms with Gasteiger partial charge < -0.3 is 4.98 Å². The average molecular weight is 209 g/mol. The molecule has 0 saturated carbocycles. The van der Waals surface area contributed by atoms with Crippen molar-refractivity contribution in [2.45, 2.75) is 6.42 Å². The number of halogens is 1. The zero-order valence-corrected chi connectivity index (χ0v) is 8.20. The van der Waals surface area contributed by atoms with Gasteiger partial charge in [0.1, 0.15) is 11.8 Å². The van der Waals surface area contributed by atoms with Gasteiger partial charge in [0, 0.05) is 5.88 Å². The molecule has 1 N–H and O–H groups in total. The monoisotopic (exact) mass is 208 g/mol. The molecular weight excluding hydrogens is 200 g/mol. The average Bonchev–Trinajstić information content (AvgIpc) is 2.67. The molecule has 2 rings (SSSR count). The Morgan fingerprint density at radius 1 is 1.36 bits per heavy atom. The number of alkyl halides is 1. The molecule has 0 bridgehead atoms. The number of allylic oxidation sites excluding steroid dienone is 1. The first-order chi connectivity index (χ1) is 6.92. The zero-order valence-electron chi connectivity index (χ0n) is 7.44. The van der Waals surface area contributed by atoms with Gasteiger partial charge in [0.15, 0.2) is 5.65 Å². The van der Waals surface area contributed by atoms with Crippen LogP contribution in [0.4, 0.5) is 0 Å². The van der Waals surface area contributed by atoms with Crippen molar-refractivity contribution in [3.05, 3.63) is 24.4 Å². The number of rotatable bonds is 3. The molecule has 2 aromatic heterocycles. The van der Waals surface area contributed by atoms with Gasteiger partial charge in [0.2, 0.25) is 0 Å². The Morgan fingerprint density at radius 2 is 2.29 bits per heavy atom. The second kappa shape index (κ2) is 4.19. The normalized spacial score (nSPS) is 11.5. The highest BCUT2D eigenvalue weighted by Gasteiger charge is 2.01. The van der Waals surface area contributed by atoms with Crippen LogP contribution in [0.25, 0.3) is 17.2 Å². The quantitative estimate of drug-likeness (QED) is 0.785. The molecule has 0 spiro atoms. The molecule has 0 aliphatic rings. The maximum Gasteiger partial charge on any atom is 0.181 e. The van der Waals surface area contributed by atoms with E-state index >= 15 is 0 Å². The summed E-state index contributed by atoms with van der Waals surface area (Å²) in [7, 11) is 0. The van der Waals surface area contributed by atoms with Crippen LogP contribution < -0.4 is 0 Å². The van der Waals surface area contributed by atoms with Crippen LogP contribution in [0.2, 0.25) is 0 Å². The van der Waals surface area contributed by atoms with Crippen LogP contribution in [-0.2, 0) is 0 Å². The van der Waals surface area contributed by atoms with Crippen molar-refractivity contribution in [3.63, 3.8) is 0 Å². The largest absolute Gasteiger partial charge is 0.341 e. The maximum atomic E-state index is 5.56. The van der Waals surface area contributed by atoms with Crippen molar-refractivity contribution in [1.82, 2.24) is 19.9 Å². The lowest BCUT2D eigenvalue weighted by molar-refractivity contribution is 1.18. The van der Waals surface area contributed by atoms with Crippen LogP contribution >= 0.6 is 11.6 Å². The number of aromatic nitrogens is 4. The summed E-state index contributed by atoms with van der Waals surface area (Å²) >= 11 is 5.56. The molecule has 14 heavy (non-hydrogen) atoms. The van der Waals surface area contributed by atoms with Crippen molar-refractivity contribution in [2.24, 2.45) is 0 Å². The standard InChI is InChI=1S/C9H9ClN4/c10-4-2-1-3-7-8-9(13-5-11-7)14-6-12-8/h1,3,5-6H,2,4H2,(H,11,12,13,14). The smallest absolute Gasteiger partial charge is 0.181 e. The molecule has 0 radical (unpaired) electrons. The maximum absolute atomic E-state index is 5.56. The van der Waals surface area contributed by atoms with Gasteiger partial charge >= 0.3 is 0 Å². The van der Waals surface area contributed by atoms with E-state index < -0.39 is 0 Å². The van der Waals surface area contributed by atoms with E-state index in [0.29, 0.717) is 11.5 Å². The third kappa shape index (κ3) is 1.75. The highest BCUT2D eigenvalue weighted by Crippen LogP contribution is 2.10. The van der Waals surface area contributed by atoms with Crippen LogP contribution in [0.5, 0.6) is 0 Å². The van der Waals surface area contributed by atoms with Crippen LogP contribution in [0.1, 0.15) is 12.1 Å². The Hall–Kier alpha value is -1.42. The molecule has 0 aliphatic heterocycles. The predicted molar refractivity (Wildman–Crippen MR) is 56.1 cm³/mol. The lowest BCUT2D eigenvalue weighted by atomic mass is 10.3. The van der Waals surface area contributed by atoms with E-state index in [2.05, 4.69) is 19.9 Å². The molecule has 0 atom stereocenters. The van der Waals surface area contributed by atoms with Crippen LogP contribution in [0.3, 0.4) is 0 Å². The van der Waals surface area contributed by atoms with Crippen molar-refractivity contribution < 1.29 is 0 Å². The minimum Gasteiger partial charge on any atom is -0.341 e. The summed E-state index contributed by atoms with van der Waals surface area (Å²) in [4.78, 5) is 15.2. The fourth-order valence-electron chi connectivity index (χ4n) is 1.17. The topological polar surface area (TPSA) is 54.5 Å². The van der Waals surface area contributed by atoms with Gasteiger partial charge in [0.25, 0.3) is 0 Å². The number of H-pyrrole nitrogens is 1. The molecule has 0 saturated heterocycles. The number of hydrogen-bond acceptors (Lipinski definition) is 3. The van der Waals surface area contributed by atoms with Gasteiger partial charge in [-0.15, -0.1) is 11.6 Å². The van der Waals surface area contributed by atoms with Crippen molar-refractivity contribution in [3.8, 4) is 0 Å². The van der Waals surface area contributed by atoms with Gasteiger partial charge in [-0.1, -0.05) is 6.08 Å². The van der Waals surface area contributed by atoms with Gasteiger partial charge in [-0.25, -0.2) is 15.0 Å². The lowest BCUT2D eigenvalue weighted by Gasteiger charge is -1.92. The van der Waals surface area contributed by atoms with Crippen molar-refractivity contribution in [1.29, 1.82) is 0 Å². The predicted octanol–water partition coefficient (Wildman–Crippen LogP) is 1.99. The Bertz CT molecular complexity index is 449. The second-order valence-electron chi connectivity index (χ2n) is 2.74. The SMILES string of the molecule is ClCCC=Cc1ncnc2nc[nH]c12. The number of imidazole rings is 1. The molecular formula is C9H9ClN4. The van der Waals surface area contributed by atoms with E-state index in [1.165, 1.54) is 6.33 Å². The lowest BCUT2D eigenvalue weighted by Crippen LogP contribution is -1.86. The molecule has 5 heteroatoms. The first-order valence-corrected chi connectivity index (χ1v) is 4.82. The van der Waals surface area contributed by atoms with E-state index in [4.69, 9.17) is 11.6 Å². The Labute approximate surface area is 86.1 Å². The highest BCUT2D eigenvalue weighted by atomic mass is 35.5. The summed E-state index contributed by atoms with van der Waals surface area (Å²) in [5, 5.41) is 0. The molecule has 0 fully saturated rings. The number of nitrogens with zero attached hydrogens (tertiary/aromatic N) is 3. The van der Waals surface area contributed by atoms with Crippen LogP contribution in [0, 0.1) is 0 Å². The number of nitrogens with one attached hydrogen (secondary N) is 1. The van der Waals surface area contributed by atoms with Gasteiger partial charge in [-0.05, 0) is 12.5 Å². The molecule has 72 valence electrons. The molecule has 2 heterocycles.